The number of benzene rings is 1. The number of aryl methyl sites for hydroxylation is 1. The maximum Gasteiger partial charge on any atom is 0.337 e. The number of hydrogen-bond acceptors (Lipinski definition) is 6. The van der Waals surface area contributed by atoms with E-state index in [2.05, 4.69) is 14.4 Å². The van der Waals surface area contributed by atoms with Crippen LogP contribution in [0.25, 0.3) is 0 Å². The van der Waals surface area contributed by atoms with Gasteiger partial charge in [0.15, 0.2) is 0 Å². The Morgan fingerprint density at radius 1 is 1.25 bits per heavy atom. The number of hydrogen-bond donors (Lipinski definition) is 1. The zero-order valence-corrected chi connectivity index (χ0v) is 16.8. The molecule has 3 rings (SSSR count). The topological polar surface area (TPSA) is 94.6 Å². The normalized spacial score (nSPS) is 14.8. The van der Waals surface area contributed by atoms with Gasteiger partial charge in [-0.1, -0.05) is 6.07 Å². The van der Waals surface area contributed by atoms with Crippen LogP contribution in [-0.2, 0) is 21.3 Å². The summed E-state index contributed by atoms with van der Waals surface area (Å²) in [4.78, 5) is 16.0. The maximum absolute atomic E-state index is 12.7. The number of pyridine rings is 1. The molecule has 1 aromatic heterocycles. The van der Waals surface area contributed by atoms with Gasteiger partial charge in [0.1, 0.15) is 6.10 Å². The van der Waals surface area contributed by atoms with Crippen LogP contribution in [0.1, 0.15) is 47.2 Å². The number of nitrogens with one attached hydrogen (secondary N) is 1. The second-order valence-electron chi connectivity index (χ2n) is 6.79. The predicted octanol–water partition coefficient (Wildman–Crippen LogP) is 2.98. The third-order valence-corrected chi connectivity index (χ3v) is 6.33. The molecule has 1 N–H and O–H groups in total. The van der Waals surface area contributed by atoms with Gasteiger partial charge in [-0.25, -0.2) is 22.9 Å². The molecule has 28 heavy (non-hydrogen) atoms. The number of methoxy groups -OCH3 is 1. The van der Waals surface area contributed by atoms with Crippen LogP contribution >= 0.6 is 0 Å². The van der Waals surface area contributed by atoms with Gasteiger partial charge in [0.2, 0.25) is 15.9 Å². The first-order chi connectivity index (χ1) is 13.4. The molecule has 0 bridgehead atoms. The molecular formula is C20H24N2O5S. The average Bonchev–Trinajstić information content (AvgIpc) is 3.19. The Kier molecular flexibility index (Phi) is 6.31. The van der Waals surface area contributed by atoms with Gasteiger partial charge in [0, 0.05) is 18.3 Å². The van der Waals surface area contributed by atoms with Gasteiger partial charge in [-0.05, 0) is 62.4 Å². The van der Waals surface area contributed by atoms with Crippen LogP contribution in [0.4, 0.5) is 0 Å². The molecule has 0 unspecified atom stereocenters. The molecule has 0 radical (unpaired) electrons. The molecule has 2 aromatic rings. The minimum Gasteiger partial charge on any atom is -0.474 e. The van der Waals surface area contributed by atoms with Crippen LogP contribution in [0, 0.1) is 6.92 Å². The zero-order valence-electron chi connectivity index (χ0n) is 16.0. The van der Waals surface area contributed by atoms with Gasteiger partial charge in [-0.15, -0.1) is 0 Å². The summed E-state index contributed by atoms with van der Waals surface area (Å²) < 4.78 is 38.7. The number of ether oxygens (including phenoxy) is 2. The molecule has 0 amide bonds. The molecule has 1 fully saturated rings. The lowest BCUT2D eigenvalue weighted by Gasteiger charge is -2.16. The Morgan fingerprint density at radius 2 is 2.00 bits per heavy atom. The Morgan fingerprint density at radius 3 is 2.68 bits per heavy atom. The maximum atomic E-state index is 12.7. The molecule has 0 aliphatic heterocycles. The Balaban J connectivity index is 1.74. The van der Waals surface area contributed by atoms with Crippen molar-refractivity contribution < 1.29 is 22.7 Å². The van der Waals surface area contributed by atoms with Crippen molar-refractivity contribution in [1.29, 1.82) is 0 Å². The first-order valence-electron chi connectivity index (χ1n) is 9.20. The average molecular weight is 404 g/mol. The van der Waals surface area contributed by atoms with Crippen LogP contribution in [0.2, 0.25) is 0 Å². The van der Waals surface area contributed by atoms with E-state index in [1.165, 1.54) is 25.3 Å². The smallest absolute Gasteiger partial charge is 0.337 e. The Bertz CT molecular complexity index is 953. The lowest BCUT2D eigenvalue weighted by molar-refractivity contribution is 0.0600. The van der Waals surface area contributed by atoms with Crippen molar-refractivity contribution in [1.82, 2.24) is 9.71 Å². The predicted molar refractivity (Wildman–Crippen MR) is 104 cm³/mol. The molecule has 1 aliphatic carbocycles. The van der Waals surface area contributed by atoms with Crippen LogP contribution in [0.15, 0.2) is 41.4 Å². The largest absolute Gasteiger partial charge is 0.474 e. The van der Waals surface area contributed by atoms with Crippen molar-refractivity contribution in [3.8, 4) is 5.88 Å². The minimum atomic E-state index is -3.77. The fraction of sp³-hybridized carbons (Fsp3) is 0.400. The Labute approximate surface area is 165 Å². The van der Waals surface area contributed by atoms with E-state index in [0.29, 0.717) is 22.6 Å². The fourth-order valence-corrected chi connectivity index (χ4v) is 4.51. The van der Waals surface area contributed by atoms with Crippen molar-refractivity contribution in [2.24, 2.45) is 0 Å². The summed E-state index contributed by atoms with van der Waals surface area (Å²) >= 11 is 0. The molecule has 1 heterocycles. The van der Waals surface area contributed by atoms with Gasteiger partial charge in [0.25, 0.3) is 0 Å². The molecule has 8 heteroatoms. The summed E-state index contributed by atoms with van der Waals surface area (Å²) in [5.74, 6) is -0.0427. The lowest BCUT2D eigenvalue weighted by atomic mass is 10.1. The summed E-state index contributed by atoms with van der Waals surface area (Å²) in [6, 6.07) is 7.89. The molecule has 1 saturated carbocycles. The number of rotatable bonds is 7. The van der Waals surface area contributed by atoms with Crippen molar-refractivity contribution in [3.63, 3.8) is 0 Å². The summed E-state index contributed by atoms with van der Waals surface area (Å²) in [7, 11) is -2.49. The number of carbonyl (C=O) groups excluding carboxylic acids is 1. The monoisotopic (exact) mass is 404 g/mol. The highest BCUT2D eigenvalue weighted by molar-refractivity contribution is 7.89. The summed E-state index contributed by atoms with van der Waals surface area (Å²) in [6.45, 7) is 1.70. The van der Waals surface area contributed by atoms with Crippen molar-refractivity contribution in [3.05, 3.63) is 53.2 Å². The molecule has 1 aliphatic rings. The number of esters is 1. The van der Waals surface area contributed by atoms with E-state index in [4.69, 9.17) is 4.74 Å². The summed E-state index contributed by atoms with van der Waals surface area (Å²) in [5.41, 5.74) is 1.45. The van der Waals surface area contributed by atoms with Gasteiger partial charge in [-0.3, -0.25) is 0 Å². The molecule has 1 aromatic carbocycles. The standard InChI is InChI=1S/C20H24N2O5S/c1-14-12-15(20(23)26-2)9-10-18(14)28(24,25)22-13-16-6-5-11-21-19(16)27-17-7-3-4-8-17/h5-6,9-12,17,22H,3-4,7-8,13H2,1-2H3. The third-order valence-electron chi connectivity index (χ3n) is 4.77. The number of sulfonamides is 1. The zero-order chi connectivity index (χ0) is 20.1. The molecule has 0 saturated heterocycles. The van der Waals surface area contributed by atoms with Crippen LogP contribution in [0.5, 0.6) is 5.88 Å². The highest BCUT2D eigenvalue weighted by Crippen LogP contribution is 2.25. The van der Waals surface area contributed by atoms with Crippen LogP contribution in [0.3, 0.4) is 0 Å². The number of carbonyl (C=O) groups is 1. The fourth-order valence-electron chi connectivity index (χ4n) is 3.28. The first-order valence-corrected chi connectivity index (χ1v) is 10.7. The highest BCUT2D eigenvalue weighted by atomic mass is 32.2. The van der Waals surface area contributed by atoms with E-state index in [1.807, 2.05) is 0 Å². The number of nitrogens with zero attached hydrogens (tertiary/aromatic N) is 1. The van der Waals surface area contributed by atoms with E-state index in [9.17, 15) is 13.2 Å². The van der Waals surface area contributed by atoms with Gasteiger partial charge in [-0.2, -0.15) is 0 Å². The minimum absolute atomic E-state index is 0.0659. The quantitative estimate of drug-likeness (QED) is 0.713. The Hall–Kier alpha value is -2.45. The molecular weight excluding hydrogens is 380 g/mol. The van der Waals surface area contributed by atoms with Crippen LogP contribution < -0.4 is 9.46 Å². The lowest BCUT2D eigenvalue weighted by Crippen LogP contribution is -2.25. The van der Waals surface area contributed by atoms with E-state index in [1.54, 1.807) is 25.3 Å². The van der Waals surface area contributed by atoms with Crippen LogP contribution in [-0.4, -0.2) is 32.6 Å². The summed E-state index contributed by atoms with van der Waals surface area (Å²) in [5, 5.41) is 0. The number of aromatic nitrogens is 1. The van der Waals surface area contributed by atoms with E-state index in [-0.39, 0.29) is 17.5 Å². The summed E-state index contributed by atoms with van der Waals surface area (Å²) in [6.07, 6.45) is 6.04. The first kappa shape index (κ1) is 20.3. The highest BCUT2D eigenvalue weighted by Gasteiger charge is 2.21. The molecule has 7 nitrogen and oxygen atoms in total. The van der Waals surface area contributed by atoms with E-state index in [0.717, 1.165) is 25.7 Å². The van der Waals surface area contributed by atoms with E-state index < -0.39 is 16.0 Å². The second kappa shape index (κ2) is 8.70. The molecule has 150 valence electrons. The second-order valence-corrected chi connectivity index (χ2v) is 8.52. The SMILES string of the molecule is COC(=O)c1ccc(S(=O)(=O)NCc2cccnc2OC2CCCC2)c(C)c1. The van der Waals surface area contributed by atoms with Gasteiger partial charge in [0.05, 0.1) is 17.6 Å². The third kappa shape index (κ3) is 4.69. The molecule has 0 spiro atoms. The van der Waals surface area contributed by atoms with Crippen molar-refractivity contribution >= 4 is 16.0 Å². The van der Waals surface area contributed by atoms with Gasteiger partial charge >= 0.3 is 5.97 Å². The van der Waals surface area contributed by atoms with Gasteiger partial charge < -0.3 is 9.47 Å². The van der Waals surface area contributed by atoms with E-state index >= 15 is 0 Å². The molecule has 0 atom stereocenters. The van der Waals surface area contributed by atoms with Crippen molar-refractivity contribution in [2.45, 2.75) is 50.2 Å². The van der Waals surface area contributed by atoms with Crippen molar-refractivity contribution in [2.75, 3.05) is 7.11 Å².